The molecule has 1 fully saturated rings. The Morgan fingerprint density at radius 2 is 1.19 bits per heavy atom. The van der Waals surface area contributed by atoms with Gasteiger partial charge >= 0.3 is 12.1 Å². The molecule has 5 nitrogen and oxygen atoms in total. The van der Waals surface area contributed by atoms with Gasteiger partial charge in [0.15, 0.2) is 0 Å². The molecule has 0 aliphatic carbocycles. The summed E-state index contributed by atoms with van der Waals surface area (Å²) in [6.45, 7) is 0.172. The molecule has 31 heavy (non-hydrogen) atoms. The van der Waals surface area contributed by atoms with Crippen LogP contribution in [0.5, 0.6) is 0 Å². The summed E-state index contributed by atoms with van der Waals surface area (Å²) >= 11 is 1.63. The Morgan fingerprint density at radius 3 is 1.52 bits per heavy atom. The number of thioether (sulfide) groups is 1. The number of amides is 1. The number of carboxylic acids is 1. The molecule has 2 N–H and O–H groups in total. The van der Waals surface area contributed by atoms with Crippen LogP contribution in [0.3, 0.4) is 0 Å². The van der Waals surface area contributed by atoms with E-state index in [4.69, 9.17) is 0 Å². The Bertz CT molecular complexity index is 924. The molecule has 3 aromatic rings. The van der Waals surface area contributed by atoms with Crippen LogP contribution in [-0.4, -0.2) is 45.0 Å². The van der Waals surface area contributed by atoms with Crippen LogP contribution in [-0.2, 0) is 9.54 Å². The van der Waals surface area contributed by atoms with E-state index in [1.54, 1.807) is 11.8 Å². The van der Waals surface area contributed by atoms with E-state index in [-0.39, 0.29) is 18.2 Å². The molecule has 0 radical (unpaired) electrons. The fourth-order valence-electron chi connectivity index (χ4n) is 4.30. The molecule has 0 spiro atoms. The summed E-state index contributed by atoms with van der Waals surface area (Å²) in [5.74, 6) is -1.10. The molecular formula is C25H23NO4S. The molecule has 0 unspecified atom stereocenters. The largest absolute Gasteiger partial charge is 0.480 e. The summed E-state index contributed by atoms with van der Waals surface area (Å²) in [5.41, 5.74) is 3.20. The van der Waals surface area contributed by atoms with Crippen molar-refractivity contribution >= 4 is 23.8 Å². The first-order valence-corrected chi connectivity index (χ1v) is 11.0. The number of nitrogens with zero attached hydrogens (tertiary/aromatic N) is 1. The number of carbonyl (C=O) groups is 2. The van der Waals surface area contributed by atoms with E-state index in [2.05, 4.69) is 36.4 Å². The SMILES string of the molecule is O=C(O)[C@@H]1C[C@H](SC(c2ccccc2)(c2ccccc2)c2ccccc2)CN1C(=O)O. The molecule has 1 heterocycles. The first-order valence-electron chi connectivity index (χ1n) is 10.1. The van der Waals surface area contributed by atoms with Crippen molar-refractivity contribution in [3.05, 3.63) is 108 Å². The fraction of sp³-hybridized carbons (Fsp3) is 0.200. The molecule has 1 aliphatic heterocycles. The topological polar surface area (TPSA) is 77.8 Å². The van der Waals surface area contributed by atoms with E-state index in [9.17, 15) is 19.8 Å². The molecular weight excluding hydrogens is 410 g/mol. The third-order valence-corrected chi connectivity index (χ3v) is 7.41. The van der Waals surface area contributed by atoms with Gasteiger partial charge in [0.05, 0.1) is 4.75 Å². The van der Waals surface area contributed by atoms with Crippen LogP contribution in [0.4, 0.5) is 4.79 Å². The van der Waals surface area contributed by atoms with Crippen LogP contribution in [0.1, 0.15) is 23.1 Å². The molecule has 2 atom stereocenters. The molecule has 1 amide bonds. The molecule has 158 valence electrons. The molecule has 4 rings (SSSR count). The number of hydrogen-bond donors (Lipinski definition) is 2. The average molecular weight is 434 g/mol. The quantitative estimate of drug-likeness (QED) is 0.540. The van der Waals surface area contributed by atoms with Crippen LogP contribution in [0.15, 0.2) is 91.0 Å². The molecule has 1 saturated heterocycles. The zero-order chi connectivity index (χ0) is 21.8. The van der Waals surface area contributed by atoms with E-state index in [0.717, 1.165) is 21.6 Å². The normalized spacial score (nSPS) is 18.6. The summed E-state index contributed by atoms with van der Waals surface area (Å²) in [5, 5.41) is 19.0. The number of rotatable bonds is 6. The van der Waals surface area contributed by atoms with Gasteiger partial charge in [-0.3, -0.25) is 4.90 Å². The van der Waals surface area contributed by atoms with Crippen molar-refractivity contribution in [3.8, 4) is 0 Å². The smallest absolute Gasteiger partial charge is 0.408 e. The Hall–Kier alpha value is -3.25. The minimum atomic E-state index is -1.19. The Kier molecular flexibility index (Phi) is 6.00. The van der Waals surface area contributed by atoms with Gasteiger partial charge in [0, 0.05) is 11.8 Å². The Balaban J connectivity index is 1.85. The molecule has 0 bridgehead atoms. The maximum atomic E-state index is 11.7. The predicted octanol–water partition coefficient (Wildman–Crippen LogP) is 4.92. The minimum Gasteiger partial charge on any atom is -0.480 e. The van der Waals surface area contributed by atoms with Crippen molar-refractivity contribution in [1.29, 1.82) is 0 Å². The average Bonchev–Trinajstić information content (AvgIpc) is 3.24. The highest BCUT2D eigenvalue weighted by molar-refractivity contribution is 8.01. The van der Waals surface area contributed by atoms with Crippen molar-refractivity contribution in [2.45, 2.75) is 22.5 Å². The molecule has 0 saturated carbocycles. The van der Waals surface area contributed by atoms with Crippen molar-refractivity contribution in [2.75, 3.05) is 6.54 Å². The zero-order valence-electron chi connectivity index (χ0n) is 16.8. The maximum Gasteiger partial charge on any atom is 0.408 e. The highest BCUT2D eigenvalue weighted by Crippen LogP contribution is 2.52. The number of aliphatic carboxylic acids is 1. The van der Waals surface area contributed by atoms with Gasteiger partial charge in [-0.25, -0.2) is 9.59 Å². The van der Waals surface area contributed by atoms with Gasteiger partial charge in [-0.1, -0.05) is 91.0 Å². The van der Waals surface area contributed by atoms with Gasteiger partial charge in [0.2, 0.25) is 0 Å². The number of carboxylic acid groups (broad SMARTS) is 2. The summed E-state index contributed by atoms with van der Waals surface area (Å²) in [7, 11) is 0. The predicted molar refractivity (Wildman–Crippen MR) is 121 cm³/mol. The Labute approximate surface area is 185 Å². The number of benzene rings is 3. The van der Waals surface area contributed by atoms with E-state index in [0.29, 0.717) is 0 Å². The standard InChI is InChI=1S/C25H23NO4S/c27-23(28)22-16-21(17-26(22)24(29)30)31-25(18-10-4-1-5-11-18,19-12-6-2-7-13-19)20-14-8-3-9-15-20/h1-15,21-22H,16-17H2,(H,27,28)(H,29,30)/t21-,22-/m0/s1. The van der Waals surface area contributed by atoms with E-state index >= 15 is 0 Å². The summed E-state index contributed by atoms with van der Waals surface area (Å²) in [4.78, 5) is 24.5. The highest BCUT2D eigenvalue weighted by atomic mass is 32.2. The van der Waals surface area contributed by atoms with Gasteiger partial charge in [-0.05, 0) is 23.1 Å². The van der Waals surface area contributed by atoms with Crippen molar-refractivity contribution in [2.24, 2.45) is 0 Å². The lowest BCUT2D eigenvalue weighted by atomic mass is 9.84. The lowest BCUT2D eigenvalue weighted by molar-refractivity contribution is -0.141. The van der Waals surface area contributed by atoms with Gasteiger partial charge in [0.25, 0.3) is 0 Å². The van der Waals surface area contributed by atoms with Crippen molar-refractivity contribution in [3.63, 3.8) is 0 Å². The van der Waals surface area contributed by atoms with Gasteiger partial charge in [-0.15, -0.1) is 11.8 Å². The molecule has 1 aliphatic rings. The number of likely N-dealkylation sites (tertiary alicyclic amines) is 1. The van der Waals surface area contributed by atoms with Crippen LogP contribution in [0.25, 0.3) is 0 Å². The molecule has 3 aromatic carbocycles. The lowest BCUT2D eigenvalue weighted by Gasteiger charge is -2.37. The second kappa shape index (κ2) is 8.86. The first kappa shape index (κ1) is 21.0. The zero-order valence-corrected chi connectivity index (χ0v) is 17.6. The highest BCUT2D eigenvalue weighted by Gasteiger charge is 2.46. The van der Waals surface area contributed by atoms with Crippen LogP contribution in [0.2, 0.25) is 0 Å². The Morgan fingerprint density at radius 1 is 0.774 bits per heavy atom. The van der Waals surface area contributed by atoms with E-state index in [1.165, 1.54) is 0 Å². The monoisotopic (exact) mass is 433 g/mol. The minimum absolute atomic E-state index is 0.172. The van der Waals surface area contributed by atoms with Crippen molar-refractivity contribution in [1.82, 2.24) is 4.90 Å². The third kappa shape index (κ3) is 4.03. The van der Waals surface area contributed by atoms with Gasteiger partial charge in [0.1, 0.15) is 6.04 Å². The first-order chi connectivity index (χ1) is 15.0. The molecule has 0 aromatic heterocycles. The van der Waals surface area contributed by atoms with Gasteiger partial charge < -0.3 is 10.2 Å². The van der Waals surface area contributed by atoms with E-state index in [1.807, 2.05) is 54.6 Å². The van der Waals surface area contributed by atoms with E-state index < -0.39 is 22.9 Å². The van der Waals surface area contributed by atoms with Crippen LogP contribution in [0, 0.1) is 0 Å². The second-order valence-corrected chi connectivity index (χ2v) is 9.06. The summed E-state index contributed by atoms with van der Waals surface area (Å²) in [6.07, 6.45) is -0.930. The third-order valence-electron chi connectivity index (χ3n) is 5.68. The summed E-state index contributed by atoms with van der Waals surface area (Å²) < 4.78 is -0.605. The fourth-order valence-corrected chi connectivity index (χ4v) is 6.13. The van der Waals surface area contributed by atoms with Crippen molar-refractivity contribution < 1.29 is 19.8 Å². The lowest BCUT2D eigenvalue weighted by Crippen LogP contribution is -2.39. The molecule has 6 heteroatoms. The maximum absolute atomic E-state index is 11.7. The summed E-state index contributed by atoms with van der Waals surface area (Å²) in [6, 6.07) is 29.3. The van der Waals surface area contributed by atoms with Crippen LogP contribution < -0.4 is 0 Å². The van der Waals surface area contributed by atoms with Gasteiger partial charge in [-0.2, -0.15) is 0 Å². The number of hydrogen-bond acceptors (Lipinski definition) is 3. The van der Waals surface area contributed by atoms with Crippen LogP contribution >= 0.6 is 11.8 Å². The second-order valence-electron chi connectivity index (χ2n) is 7.54.